The SMILES string of the molecule is CC#CC#CC#CC#CC#CC#CC(=O)OC[C@H](CO)OC(=O)CCCCCCCCCCCCC.S.[HH].[HH].[HH].[HH].[HH].[HH].[HH].[HH].[HH].[HH].[HH]. The molecule has 0 aromatic rings. The van der Waals surface area contributed by atoms with E-state index in [9.17, 15) is 14.7 Å². The molecule has 0 heterocycles. The number of aliphatic hydroxyl groups is 1. The van der Waals surface area contributed by atoms with Gasteiger partial charge >= 0.3 is 11.9 Å². The van der Waals surface area contributed by atoms with Crippen molar-refractivity contribution in [2.24, 2.45) is 0 Å². The van der Waals surface area contributed by atoms with Gasteiger partial charge in [-0.1, -0.05) is 77.1 Å². The van der Waals surface area contributed by atoms with E-state index in [-0.39, 0.29) is 42.2 Å². The fraction of sp³-hybridized carbons (Fsp3) is 0.548. The highest BCUT2D eigenvalue weighted by molar-refractivity contribution is 7.59. The Labute approximate surface area is 247 Å². The second-order valence-electron chi connectivity index (χ2n) is 7.80. The highest BCUT2D eigenvalue weighted by Crippen LogP contribution is 2.12. The van der Waals surface area contributed by atoms with Crippen LogP contribution in [0.25, 0.3) is 0 Å². The molecule has 0 unspecified atom stereocenters. The molecule has 0 spiro atoms. The normalized spacial score (nSPS) is 9.05. The van der Waals surface area contributed by atoms with Crippen molar-refractivity contribution in [3.8, 4) is 71.0 Å². The number of rotatable bonds is 16. The van der Waals surface area contributed by atoms with Crippen LogP contribution in [0.3, 0.4) is 0 Å². The number of esters is 2. The number of hydrogen-bond acceptors (Lipinski definition) is 5. The first-order valence-electron chi connectivity index (χ1n) is 12.5. The molecule has 0 radical (unpaired) electrons. The Bertz CT molecular complexity index is 1060. The van der Waals surface area contributed by atoms with Crippen molar-refractivity contribution in [2.45, 2.75) is 97.0 Å². The van der Waals surface area contributed by atoms with Crippen LogP contribution in [0.4, 0.5) is 0 Å². The summed E-state index contributed by atoms with van der Waals surface area (Å²) in [5, 5.41) is 9.36. The minimum Gasteiger partial charge on any atom is -0.456 e. The van der Waals surface area contributed by atoms with E-state index in [1.165, 1.54) is 51.4 Å². The predicted octanol–water partition coefficient (Wildman–Crippen LogP) is 6.99. The summed E-state index contributed by atoms with van der Waals surface area (Å²) in [5.41, 5.74) is 0. The van der Waals surface area contributed by atoms with Gasteiger partial charge in [-0.3, -0.25) is 4.79 Å². The third-order valence-electron chi connectivity index (χ3n) is 4.74. The molecular formula is C31H60O5S. The average molecular weight is 545 g/mol. The lowest BCUT2D eigenvalue weighted by Crippen LogP contribution is -2.28. The zero-order valence-corrected chi connectivity index (χ0v) is 23.1. The van der Waals surface area contributed by atoms with Crippen LogP contribution in [0.1, 0.15) is 107 Å². The van der Waals surface area contributed by atoms with Crippen molar-refractivity contribution < 1.29 is 39.9 Å². The van der Waals surface area contributed by atoms with Crippen LogP contribution in [-0.4, -0.2) is 36.4 Å². The number of aliphatic hydroxyl groups excluding tert-OH is 1. The van der Waals surface area contributed by atoms with Gasteiger partial charge in [-0.15, -0.1) is 0 Å². The molecule has 1 atom stereocenters. The van der Waals surface area contributed by atoms with Crippen molar-refractivity contribution in [3.05, 3.63) is 0 Å². The number of carbonyl (C=O) groups excluding carboxylic acids is 2. The van der Waals surface area contributed by atoms with Gasteiger partial charge in [-0.2, -0.15) is 13.5 Å². The lowest BCUT2D eigenvalue weighted by atomic mass is 10.1. The van der Waals surface area contributed by atoms with Crippen molar-refractivity contribution in [1.82, 2.24) is 0 Å². The van der Waals surface area contributed by atoms with Crippen LogP contribution in [0.5, 0.6) is 0 Å². The largest absolute Gasteiger partial charge is 0.456 e. The van der Waals surface area contributed by atoms with Gasteiger partial charge < -0.3 is 14.6 Å². The number of carbonyl (C=O) groups is 2. The summed E-state index contributed by atoms with van der Waals surface area (Å²) in [4.78, 5) is 23.6. The third kappa shape index (κ3) is 27.0. The number of ether oxygens (including phenoxy) is 2. The smallest absolute Gasteiger partial charge is 0.385 e. The lowest BCUT2D eigenvalue weighted by molar-refractivity contribution is -0.159. The maximum Gasteiger partial charge on any atom is 0.385 e. The summed E-state index contributed by atoms with van der Waals surface area (Å²) in [5.74, 6) is 28.0. The molecule has 37 heavy (non-hydrogen) atoms. The van der Waals surface area contributed by atoms with Gasteiger partial charge in [0.1, 0.15) is 6.61 Å². The van der Waals surface area contributed by atoms with Gasteiger partial charge in [0.2, 0.25) is 0 Å². The van der Waals surface area contributed by atoms with Gasteiger partial charge in [-0.05, 0) is 72.5 Å². The molecular weight excluding hydrogens is 484 g/mol. The van der Waals surface area contributed by atoms with Crippen LogP contribution in [0.2, 0.25) is 0 Å². The highest BCUT2D eigenvalue weighted by Gasteiger charge is 2.15. The summed E-state index contributed by atoms with van der Waals surface area (Å²) >= 11 is 0. The number of hydrogen-bond donors (Lipinski definition) is 1. The quantitative estimate of drug-likeness (QED) is 0.0981. The van der Waals surface area contributed by atoms with Crippen molar-refractivity contribution in [2.75, 3.05) is 13.2 Å². The molecule has 0 aliphatic carbocycles. The minimum atomic E-state index is -0.919. The summed E-state index contributed by atoms with van der Waals surface area (Å²) in [6, 6.07) is 0. The van der Waals surface area contributed by atoms with E-state index in [2.05, 4.69) is 78.0 Å². The van der Waals surface area contributed by atoms with Crippen LogP contribution >= 0.6 is 13.5 Å². The Morgan fingerprint density at radius 1 is 0.730 bits per heavy atom. The van der Waals surface area contributed by atoms with Gasteiger partial charge in [0.05, 0.1) is 6.61 Å². The summed E-state index contributed by atoms with van der Waals surface area (Å²) in [6.45, 7) is 3.18. The fourth-order valence-corrected chi connectivity index (χ4v) is 2.90. The fourth-order valence-electron chi connectivity index (χ4n) is 2.90. The van der Waals surface area contributed by atoms with E-state index < -0.39 is 24.6 Å². The third-order valence-corrected chi connectivity index (χ3v) is 4.74. The molecule has 0 saturated carbocycles. The van der Waals surface area contributed by atoms with Gasteiger partial charge in [-0.25, -0.2) is 4.79 Å². The predicted molar refractivity (Wildman–Crippen MR) is 175 cm³/mol. The molecule has 1 N–H and O–H groups in total. The van der Waals surface area contributed by atoms with Gasteiger partial charge in [0.15, 0.2) is 6.10 Å². The highest BCUT2D eigenvalue weighted by atomic mass is 32.1. The van der Waals surface area contributed by atoms with E-state index in [0.717, 1.165) is 19.3 Å². The monoisotopic (exact) mass is 544 g/mol. The Morgan fingerprint density at radius 2 is 1.19 bits per heavy atom. The van der Waals surface area contributed by atoms with Crippen molar-refractivity contribution >= 4 is 25.4 Å². The molecule has 220 valence electrons. The molecule has 0 rings (SSSR count). The summed E-state index contributed by atoms with van der Waals surface area (Å²) in [6.07, 6.45) is 12.5. The van der Waals surface area contributed by atoms with E-state index in [4.69, 9.17) is 9.47 Å². The van der Waals surface area contributed by atoms with Crippen molar-refractivity contribution in [3.63, 3.8) is 0 Å². The first-order chi connectivity index (χ1) is 17.6. The maximum absolute atomic E-state index is 11.9. The maximum atomic E-state index is 11.9. The molecule has 0 fully saturated rings. The first-order valence-corrected chi connectivity index (χ1v) is 12.5. The zero-order valence-electron chi connectivity index (χ0n) is 22.1. The molecule has 0 aromatic heterocycles. The van der Waals surface area contributed by atoms with Crippen LogP contribution < -0.4 is 0 Å². The number of unbranched alkanes of at least 4 members (excludes halogenated alkanes) is 10. The Hall–Kier alpha value is -3.39. The molecule has 0 bridgehead atoms. The molecule has 0 amide bonds. The van der Waals surface area contributed by atoms with E-state index in [1.807, 2.05) is 0 Å². The van der Waals surface area contributed by atoms with E-state index >= 15 is 0 Å². The standard InChI is InChI=1S/C31H36O5.H2S.11H2/c1-3-5-7-9-11-13-15-17-19-21-23-25-30(33)35-28-29(27-32)36-31(34)26-24-22-20-18-16-14-12-10-8-6-4-2;;;;;;;;;;;;/h29,32H,4,6,8,10,12,14,16,18,20,22,24,26-28H2,1-2H3;1H2;11*1H/t29-;;;;;;;;;;;;/m0............/s1. The summed E-state index contributed by atoms with van der Waals surface area (Å²) in [7, 11) is 0. The molecule has 0 aliphatic rings. The summed E-state index contributed by atoms with van der Waals surface area (Å²) < 4.78 is 10.1. The molecule has 0 aromatic carbocycles. The Balaban J connectivity index is -0.0000000928. The average Bonchev–Trinajstić information content (AvgIpc) is 2.88. The van der Waals surface area contributed by atoms with Crippen LogP contribution in [0.15, 0.2) is 0 Å². The molecule has 0 aliphatic heterocycles. The zero-order chi connectivity index (χ0) is 26.5. The van der Waals surface area contributed by atoms with E-state index in [0.29, 0.717) is 0 Å². The van der Waals surface area contributed by atoms with Crippen LogP contribution in [-0.2, 0) is 19.1 Å². The van der Waals surface area contributed by atoms with E-state index in [1.54, 1.807) is 6.92 Å². The van der Waals surface area contributed by atoms with Gasteiger partial charge in [0.25, 0.3) is 0 Å². The van der Waals surface area contributed by atoms with Crippen molar-refractivity contribution in [1.29, 1.82) is 0 Å². The minimum absolute atomic E-state index is 0. The topological polar surface area (TPSA) is 72.8 Å². The Kier molecular flexibility index (Phi) is 27.9. The Morgan fingerprint density at radius 3 is 1.68 bits per heavy atom. The lowest BCUT2D eigenvalue weighted by Gasteiger charge is -2.14. The molecule has 5 nitrogen and oxygen atoms in total. The van der Waals surface area contributed by atoms with Crippen LogP contribution in [0, 0.1) is 71.0 Å². The molecule has 0 saturated heterocycles. The van der Waals surface area contributed by atoms with Gasteiger partial charge in [0, 0.05) is 28.0 Å². The second-order valence-corrected chi connectivity index (χ2v) is 7.80. The second kappa shape index (κ2) is 28.8. The first kappa shape index (κ1) is 35.8. The molecule has 6 heteroatoms.